The summed E-state index contributed by atoms with van der Waals surface area (Å²) in [5.41, 5.74) is 5.57. The van der Waals surface area contributed by atoms with Gasteiger partial charge in [0.25, 0.3) is 0 Å². The molecule has 102 valence electrons. The molecule has 0 amide bonds. The lowest BCUT2D eigenvalue weighted by molar-refractivity contribution is -0.0110. The van der Waals surface area contributed by atoms with Crippen molar-refractivity contribution in [2.75, 3.05) is 7.11 Å². The lowest BCUT2D eigenvalue weighted by Gasteiger charge is -2.36. The molecular formula is C15H26N2O. The van der Waals surface area contributed by atoms with Gasteiger partial charge in [0, 0.05) is 7.11 Å². The van der Waals surface area contributed by atoms with Crippen LogP contribution in [0.3, 0.4) is 0 Å². The Hall–Kier alpha value is -0.900. The highest BCUT2D eigenvalue weighted by Crippen LogP contribution is 2.26. The molecule has 3 heteroatoms. The summed E-state index contributed by atoms with van der Waals surface area (Å²) in [5.74, 6) is 5.71. The predicted molar refractivity (Wildman–Crippen MR) is 76.2 cm³/mol. The van der Waals surface area contributed by atoms with E-state index in [-0.39, 0.29) is 17.6 Å². The van der Waals surface area contributed by atoms with Crippen molar-refractivity contribution < 1.29 is 4.74 Å². The van der Waals surface area contributed by atoms with E-state index in [1.54, 1.807) is 7.11 Å². The number of hydrogen-bond donors (Lipinski definition) is 2. The summed E-state index contributed by atoms with van der Waals surface area (Å²) >= 11 is 0. The molecule has 1 aromatic rings. The van der Waals surface area contributed by atoms with Crippen LogP contribution in [-0.4, -0.2) is 19.3 Å². The fourth-order valence-corrected chi connectivity index (χ4v) is 2.45. The number of ether oxygens (including phenoxy) is 1. The Labute approximate surface area is 111 Å². The number of hydrogen-bond acceptors (Lipinski definition) is 3. The highest BCUT2D eigenvalue weighted by Gasteiger charge is 2.32. The van der Waals surface area contributed by atoms with Gasteiger partial charge in [-0.3, -0.25) is 11.3 Å². The monoisotopic (exact) mass is 250 g/mol. The zero-order valence-corrected chi connectivity index (χ0v) is 12.2. The Morgan fingerprint density at radius 1 is 1.28 bits per heavy atom. The summed E-state index contributed by atoms with van der Waals surface area (Å²) in [6, 6.07) is 8.50. The van der Waals surface area contributed by atoms with Crippen LogP contribution in [0.5, 0.6) is 0 Å². The average molecular weight is 250 g/mol. The summed E-state index contributed by atoms with van der Waals surface area (Å²) in [4.78, 5) is 0. The predicted octanol–water partition coefficient (Wildman–Crippen LogP) is 2.43. The van der Waals surface area contributed by atoms with Crippen LogP contribution < -0.4 is 11.3 Å². The van der Waals surface area contributed by atoms with E-state index in [0.29, 0.717) is 0 Å². The fourth-order valence-electron chi connectivity index (χ4n) is 2.45. The molecule has 0 radical (unpaired) electrons. The molecule has 1 aromatic carbocycles. The van der Waals surface area contributed by atoms with Gasteiger partial charge in [-0.2, -0.15) is 0 Å². The van der Waals surface area contributed by atoms with E-state index in [1.807, 2.05) is 0 Å². The van der Waals surface area contributed by atoms with Crippen LogP contribution in [0.25, 0.3) is 0 Å². The van der Waals surface area contributed by atoms with Gasteiger partial charge in [-0.1, -0.05) is 45.0 Å². The maximum atomic E-state index is 5.71. The molecule has 0 aliphatic heterocycles. The summed E-state index contributed by atoms with van der Waals surface area (Å²) < 4.78 is 5.64. The second kappa shape index (κ2) is 6.32. The second-order valence-electron chi connectivity index (χ2n) is 5.93. The molecule has 0 saturated heterocycles. The van der Waals surface area contributed by atoms with Crippen molar-refractivity contribution in [1.82, 2.24) is 5.43 Å². The number of nitrogens with two attached hydrogens (primary N) is 1. The quantitative estimate of drug-likeness (QED) is 0.623. The zero-order valence-electron chi connectivity index (χ0n) is 12.2. The molecule has 0 fully saturated rings. The number of rotatable bonds is 5. The minimum absolute atomic E-state index is 0.0501. The highest BCUT2D eigenvalue weighted by atomic mass is 16.5. The van der Waals surface area contributed by atoms with Crippen LogP contribution in [0.1, 0.15) is 31.9 Å². The SMILES string of the molecule is COC(C(Cc1ccccc1C)NN)C(C)(C)C. The van der Waals surface area contributed by atoms with Gasteiger partial charge in [-0.05, 0) is 29.9 Å². The van der Waals surface area contributed by atoms with E-state index in [1.165, 1.54) is 11.1 Å². The van der Waals surface area contributed by atoms with Gasteiger partial charge in [0.2, 0.25) is 0 Å². The van der Waals surface area contributed by atoms with E-state index in [9.17, 15) is 0 Å². The first-order valence-electron chi connectivity index (χ1n) is 6.43. The van der Waals surface area contributed by atoms with Crippen molar-refractivity contribution in [3.8, 4) is 0 Å². The third-order valence-corrected chi connectivity index (χ3v) is 3.39. The smallest absolute Gasteiger partial charge is 0.0789 e. The Kier molecular flexibility index (Phi) is 5.32. The maximum absolute atomic E-state index is 5.71. The number of benzene rings is 1. The third-order valence-electron chi connectivity index (χ3n) is 3.39. The standard InChI is InChI=1S/C15H26N2O/c1-11-8-6-7-9-12(11)10-13(17-16)14(18-5)15(2,3)4/h6-9,13-14,17H,10,16H2,1-5H3. The molecule has 0 aromatic heterocycles. The number of aryl methyl sites for hydroxylation is 1. The Bertz CT molecular complexity index is 371. The molecule has 2 atom stereocenters. The molecule has 2 unspecified atom stereocenters. The molecule has 0 aliphatic rings. The average Bonchev–Trinajstić information content (AvgIpc) is 2.29. The number of nitrogens with one attached hydrogen (secondary N) is 1. The third kappa shape index (κ3) is 3.80. The topological polar surface area (TPSA) is 47.3 Å². The van der Waals surface area contributed by atoms with Crippen molar-refractivity contribution in [2.24, 2.45) is 11.3 Å². The maximum Gasteiger partial charge on any atom is 0.0789 e. The van der Waals surface area contributed by atoms with Gasteiger partial charge in [0.05, 0.1) is 12.1 Å². The molecule has 0 spiro atoms. The van der Waals surface area contributed by atoms with Crippen LogP contribution in [0, 0.1) is 12.3 Å². The van der Waals surface area contributed by atoms with Gasteiger partial charge >= 0.3 is 0 Å². The molecule has 3 N–H and O–H groups in total. The largest absolute Gasteiger partial charge is 0.379 e. The first-order valence-corrected chi connectivity index (χ1v) is 6.43. The minimum Gasteiger partial charge on any atom is -0.379 e. The van der Waals surface area contributed by atoms with Crippen LogP contribution >= 0.6 is 0 Å². The Morgan fingerprint density at radius 3 is 2.33 bits per heavy atom. The number of hydrazine groups is 1. The first kappa shape index (κ1) is 15.2. The summed E-state index contributed by atoms with van der Waals surface area (Å²) in [5, 5.41) is 0. The fraction of sp³-hybridized carbons (Fsp3) is 0.600. The molecular weight excluding hydrogens is 224 g/mol. The number of methoxy groups -OCH3 is 1. The van der Waals surface area contributed by atoms with E-state index >= 15 is 0 Å². The van der Waals surface area contributed by atoms with E-state index < -0.39 is 0 Å². The van der Waals surface area contributed by atoms with Gasteiger partial charge in [0.1, 0.15) is 0 Å². The van der Waals surface area contributed by atoms with Gasteiger partial charge in [0.15, 0.2) is 0 Å². The molecule has 0 heterocycles. The first-order chi connectivity index (χ1) is 8.40. The van der Waals surface area contributed by atoms with Gasteiger partial charge in [-0.15, -0.1) is 0 Å². The van der Waals surface area contributed by atoms with Crippen molar-refractivity contribution >= 4 is 0 Å². The lowest BCUT2D eigenvalue weighted by atomic mass is 9.82. The van der Waals surface area contributed by atoms with Crippen molar-refractivity contribution in [2.45, 2.75) is 46.3 Å². The summed E-state index contributed by atoms with van der Waals surface area (Å²) in [6.07, 6.45) is 0.945. The second-order valence-corrected chi connectivity index (χ2v) is 5.93. The molecule has 18 heavy (non-hydrogen) atoms. The molecule has 1 rings (SSSR count). The summed E-state index contributed by atoms with van der Waals surface area (Å²) in [7, 11) is 1.75. The van der Waals surface area contributed by atoms with Gasteiger partial charge in [-0.25, -0.2) is 0 Å². The van der Waals surface area contributed by atoms with Gasteiger partial charge < -0.3 is 4.74 Å². The normalized spacial score (nSPS) is 15.4. The van der Waals surface area contributed by atoms with Crippen molar-refractivity contribution in [3.05, 3.63) is 35.4 Å². The molecule has 3 nitrogen and oxygen atoms in total. The van der Waals surface area contributed by atoms with Crippen molar-refractivity contribution in [3.63, 3.8) is 0 Å². The zero-order chi connectivity index (χ0) is 13.8. The van der Waals surface area contributed by atoms with Crippen LogP contribution in [0.2, 0.25) is 0 Å². The van der Waals surface area contributed by atoms with E-state index in [2.05, 4.69) is 57.4 Å². The Morgan fingerprint density at radius 2 is 1.89 bits per heavy atom. The van der Waals surface area contributed by atoms with Crippen LogP contribution in [0.4, 0.5) is 0 Å². The molecule has 0 aliphatic carbocycles. The van der Waals surface area contributed by atoms with Crippen LogP contribution in [-0.2, 0) is 11.2 Å². The Balaban J connectivity index is 2.88. The lowest BCUT2D eigenvalue weighted by Crippen LogP contribution is -2.51. The minimum atomic E-state index is 0.0501. The van der Waals surface area contributed by atoms with Crippen molar-refractivity contribution in [1.29, 1.82) is 0 Å². The summed E-state index contributed by atoms with van der Waals surface area (Å²) in [6.45, 7) is 8.64. The molecule has 0 bridgehead atoms. The van der Waals surface area contributed by atoms with Crippen LogP contribution in [0.15, 0.2) is 24.3 Å². The van der Waals surface area contributed by atoms with E-state index in [4.69, 9.17) is 10.6 Å². The highest BCUT2D eigenvalue weighted by molar-refractivity contribution is 5.26. The van der Waals surface area contributed by atoms with E-state index in [0.717, 1.165) is 6.42 Å². The molecule has 0 saturated carbocycles.